The van der Waals surface area contributed by atoms with Crippen molar-refractivity contribution in [2.75, 3.05) is 7.11 Å². The highest BCUT2D eigenvalue weighted by atomic mass is 32.2. The van der Waals surface area contributed by atoms with Gasteiger partial charge in [0.05, 0.1) is 12.0 Å². The molecule has 25 heavy (non-hydrogen) atoms. The Hall–Kier alpha value is -2.35. The van der Waals surface area contributed by atoms with Gasteiger partial charge in [0.15, 0.2) is 15.8 Å². The summed E-state index contributed by atoms with van der Waals surface area (Å²) in [6.45, 7) is 0.508. The number of thiocarbonyl (C=S) groups is 1. The number of nitrogens with zero attached hydrogens (tertiary/aromatic N) is 1. The second-order valence-corrected chi connectivity index (χ2v) is 6.94. The average molecular weight is 372 g/mol. The van der Waals surface area contributed by atoms with Crippen LogP contribution in [-0.2, 0) is 11.3 Å². The molecule has 0 bridgehead atoms. The third kappa shape index (κ3) is 4.01. The van der Waals surface area contributed by atoms with E-state index in [0.717, 1.165) is 11.1 Å². The fourth-order valence-corrected chi connectivity index (χ4v) is 3.52. The van der Waals surface area contributed by atoms with E-state index < -0.39 is 0 Å². The maximum Gasteiger partial charge on any atom is 0.280 e. The van der Waals surface area contributed by atoms with E-state index in [2.05, 4.69) is 5.43 Å². The second kappa shape index (κ2) is 7.69. The van der Waals surface area contributed by atoms with E-state index in [1.54, 1.807) is 18.2 Å². The van der Waals surface area contributed by atoms with Gasteiger partial charge in [-0.2, -0.15) is 0 Å². The Morgan fingerprint density at radius 2 is 2.04 bits per heavy atom. The van der Waals surface area contributed by atoms with E-state index in [0.29, 0.717) is 21.5 Å². The molecule has 0 saturated carbocycles. The predicted molar refractivity (Wildman–Crippen MR) is 103 cm³/mol. The lowest BCUT2D eigenvalue weighted by Gasteiger charge is -2.15. The number of nitrogens with one attached hydrogen (secondary N) is 1. The molecule has 5 nitrogen and oxygen atoms in total. The third-order valence-corrected chi connectivity index (χ3v) is 4.88. The van der Waals surface area contributed by atoms with Crippen LogP contribution < -0.4 is 10.2 Å². The zero-order chi connectivity index (χ0) is 17.8. The van der Waals surface area contributed by atoms with E-state index in [1.165, 1.54) is 29.9 Å². The molecule has 0 atom stereocenters. The van der Waals surface area contributed by atoms with Crippen LogP contribution in [0.3, 0.4) is 0 Å². The Balaban J connectivity index is 1.74. The summed E-state index contributed by atoms with van der Waals surface area (Å²) in [5.74, 6) is 0.209. The van der Waals surface area contributed by atoms with Crippen molar-refractivity contribution in [2.45, 2.75) is 6.54 Å². The van der Waals surface area contributed by atoms with Gasteiger partial charge in [-0.1, -0.05) is 60.4 Å². The Labute approximate surface area is 155 Å². The molecule has 0 unspecified atom stereocenters. The number of thioether (sulfide) groups is 1. The number of ether oxygens (including phenoxy) is 1. The van der Waals surface area contributed by atoms with Crippen LogP contribution in [0.15, 0.2) is 53.4 Å². The van der Waals surface area contributed by atoms with Gasteiger partial charge < -0.3 is 9.84 Å². The fourth-order valence-electron chi connectivity index (χ4n) is 2.31. The monoisotopic (exact) mass is 372 g/mol. The number of aromatic hydroxyl groups is 1. The van der Waals surface area contributed by atoms with Crippen molar-refractivity contribution in [3.63, 3.8) is 0 Å². The van der Waals surface area contributed by atoms with Gasteiger partial charge in [0, 0.05) is 6.54 Å². The predicted octanol–water partition coefficient (Wildman–Crippen LogP) is 3.31. The molecule has 0 aromatic heterocycles. The lowest BCUT2D eigenvalue weighted by Crippen LogP contribution is -2.40. The molecule has 1 amide bonds. The van der Waals surface area contributed by atoms with Crippen molar-refractivity contribution in [1.82, 2.24) is 10.4 Å². The van der Waals surface area contributed by atoms with Gasteiger partial charge >= 0.3 is 0 Å². The summed E-state index contributed by atoms with van der Waals surface area (Å²) in [7, 11) is 1.48. The number of hydrazine groups is 1. The number of benzene rings is 2. The van der Waals surface area contributed by atoms with Crippen LogP contribution in [0.5, 0.6) is 11.5 Å². The average Bonchev–Trinajstić information content (AvgIpc) is 2.89. The number of carbonyl (C=O) groups excluding carboxylic acids is 1. The molecular weight excluding hydrogens is 356 g/mol. The number of phenols is 1. The molecule has 1 aliphatic heterocycles. The molecule has 0 aliphatic carbocycles. The molecule has 2 aromatic rings. The highest BCUT2D eigenvalue weighted by molar-refractivity contribution is 8.26. The molecule has 1 fully saturated rings. The summed E-state index contributed by atoms with van der Waals surface area (Å²) < 4.78 is 5.54. The number of methoxy groups -OCH3 is 1. The zero-order valence-electron chi connectivity index (χ0n) is 13.4. The summed E-state index contributed by atoms with van der Waals surface area (Å²) in [6.07, 6.45) is 1.73. The lowest BCUT2D eigenvalue weighted by atomic mass is 10.2. The van der Waals surface area contributed by atoms with E-state index in [4.69, 9.17) is 17.0 Å². The van der Waals surface area contributed by atoms with Gasteiger partial charge in [-0.05, 0) is 29.3 Å². The summed E-state index contributed by atoms with van der Waals surface area (Å²) in [5.41, 5.74) is 4.87. The Morgan fingerprint density at radius 3 is 2.76 bits per heavy atom. The Bertz CT molecular complexity index is 837. The van der Waals surface area contributed by atoms with Crippen LogP contribution in [0.2, 0.25) is 0 Å². The molecule has 0 radical (unpaired) electrons. The largest absolute Gasteiger partial charge is 0.504 e. The van der Waals surface area contributed by atoms with Crippen molar-refractivity contribution < 1.29 is 14.6 Å². The first-order valence-corrected chi connectivity index (χ1v) is 8.73. The number of carbonyl (C=O) groups is 1. The number of hydrogen-bond acceptors (Lipinski definition) is 6. The molecule has 7 heteroatoms. The number of phenolic OH excluding ortho intramolecular Hbond substituents is 1. The Morgan fingerprint density at radius 1 is 1.28 bits per heavy atom. The van der Waals surface area contributed by atoms with E-state index >= 15 is 0 Å². The van der Waals surface area contributed by atoms with Gasteiger partial charge in [-0.25, -0.2) is 10.4 Å². The molecule has 1 saturated heterocycles. The minimum atomic E-state index is -0.196. The van der Waals surface area contributed by atoms with Crippen molar-refractivity contribution in [3.8, 4) is 11.5 Å². The van der Waals surface area contributed by atoms with Crippen LogP contribution in [0.4, 0.5) is 0 Å². The van der Waals surface area contributed by atoms with E-state index in [-0.39, 0.29) is 11.7 Å². The standard InChI is InChI=1S/C18H16N2O3S2/c1-23-15-9-13(7-8-14(15)21)10-16-17(22)20(18(24)25-16)19-11-12-5-3-2-4-6-12/h2-10,19,21H,11H2,1H3/b16-10+. The first kappa shape index (κ1) is 17.5. The molecule has 2 aromatic carbocycles. The highest BCUT2D eigenvalue weighted by Crippen LogP contribution is 2.33. The Kier molecular flexibility index (Phi) is 5.37. The lowest BCUT2D eigenvalue weighted by molar-refractivity contribution is -0.124. The van der Waals surface area contributed by atoms with Gasteiger partial charge in [-0.3, -0.25) is 4.79 Å². The summed E-state index contributed by atoms with van der Waals surface area (Å²) in [4.78, 5) is 13.1. The smallest absolute Gasteiger partial charge is 0.280 e. The number of hydrogen-bond donors (Lipinski definition) is 2. The van der Waals surface area contributed by atoms with Crippen molar-refractivity contribution in [3.05, 3.63) is 64.6 Å². The quantitative estimate of drug-likeness (QED) is 0.620. The van der Waals surface area contributed by atoms with Crippen LogP contribution in [0.25, 0.3) is 6.08 Å². The van der Waals surface area contributed by atoms with Crippen molar-refractivity contribution in [1.29, 1.82) is 0 Å². The molecule has 1 heterocycles. The molecular formula is C18H16N2O3S2. The van der Waals surface area contributed by atoms with Gasteiger partial charge in [0.2, 0.25) is 0 Å². The van der Waals surface area contributed by atoms with Crippen LogP contribution >= 0.6 is 24.0 Å². The molecule has 1 aliphatic rings. The summed E-state index contributed by atoms with van der Waals surface area (Å²) in [6, 6.07) is 14.7. The highest BCUT2D eigenvalue weighted by Gasteiger charge is 2.32. The zero-order valence-corrected chi connectivity index (χ0v) is 15.1. The second-order valence-electron chi connectivity index (χ2n) is 5.27. The molecule has 3 rings (SSSR count). The summed E-state index contributed by atoms with van der Waals surface area (Å²) in [5, 5.41) is 11.0. The minimum absolute atomic E-state index is 0.0525. The van der Waals surface area contributed by atoms with Crippen molar-refractivity contribution in [2.24, 2.45) is 0 Å². The number of rotatable bonds is 5. The third-order valence-electron chi connectivity index (χ3n) is 3.58. The first-order chi connectivity index (χ1) is 12.1. The number of amides is 1. The van der Waals surface area contributed by atoms with Crippen molar-refractivity contribution >= 4 is 40.3 Å². The molecule has 128 valence electrons. The van der Waals surface area contributed by atoms with Gasteiger partial charge in [0.1, 0.15) is 0 Å². The molecule has 0 spiro atoms. The maximum absolute atomic E-state index is 12.6. The SMILES string of the molecule is COc1cc(/C=C2/SC(=S)N(NCc3ccccc3)C2=O)ccc1O. The van der Waals surface area contributed by atoms with Crippen LogP contribution in [0.1, 0.15) is 11.1 Å². The van der Waals surface area contributed by atoms with Crippen LogP contribution in [0, 0.1) is 0 Å². The van der Waals surface area contributed by atoms with Crippen LogP contribution in [-0.4, -0.2) is 27.5 Å². The van der Waals surface area contributed by atoms with E-state index in [9.17, 15) is 9.90 Å². The normalized spacial score (nSPS) is 15.9. The topological polar surface area (TPSA) is 61.8 Å². The van der Waals surface area contributed by atoms with E-state index in [1.807, 2.05) is 30.3 Å². The van der Waals surface area contributed by atoms with Gasteiger partial charge in [-0.15, -0.1) is 0 Å². The minimum Gasteiger partial charge on any atom is -0.504 e. The van der Waals surface area contributed by atoms with Gasteiger partial charge in [0.25, 0.3) is 5.91 Å². The maximum atomic E-state index is 12.6. The fraction of sp³-hybridized carbons (Fsp3) is 0.111. The summed E-state index contributed by atoms with van der Waals surface area (Å²) >= 11 is 6.53. The molecule has 2 N–H and O–H groups in total. The first-order valence-electron chi connectivity index (χ1n) is 7.51.